The Balaban J connectivity index is 4.43. The van der Waals surface area contributed by atoms with Gasteiger partial charge in [0.15, 0.2) is 11.1 Å². The van der Waals surface area contributed by atoms with E-state index in [9.17, 15) is 26.2 Å². The molecule has 0 spiro atoms. The minimum absolute atomic E-state index is 0.843. The Morgan fingerprint density at radius 2 is 1.69 bits per heavy atom. The molecule has 2 nitrogen and oxygen atoms in total. The van der Waals surface area contributed by atoms with Crippen molar-refractivity contribution in [2.75, 3.05) is 0 Å². The lowest BCUT2D eigenvalue weighted by atomic mass is 10.2. The molecule has 0 amide bonds. The van der Waals surface area contributed by atoms with Gasteiger partial charge in [-0.3, -0.25) is 0 Å². The third kappa shape index (κ3) is 3.55. The molecule has 0 aromatic carbocycles. The summed E-state index contributed by atoms with van der Waals surface area (Å²) in [6.07, 6.45) is -7.35. The lowest BCUT2D eigenvalue weighted by molar-refractivity contribution is -0.283. The normalized spacial score (nSPS) is 18.4. The van der Waals surface area contributed by atoms with Crippen molar-refractivity contribution in [3.05, 3.63) is 0 Å². The summed E-state index contributed by atoms with van der Waals surface area (Å²) in [5.41, 5.74) is 0. The van der Waals surface area contributed by atoms with Crippen LogP contribution in [0.1, 0.15) is 13.3 Å². The minimum Gasteiger partial charge on any atom is -0.306 e. The van der Waals surface area contributed by atoms with E-state index in [2.05, 4.69) is 0 Å². The smallest absolute Gasteiger partial charge is 0.306 e. The average molecular weight is 226 g/mol. The van der Waals surface area contributed by atoms with Gasteiger partial charge in [0.25, 0.3) is 0 Å². The van der Waals surface area contributed by atoms with Crippen molar-refractivity contribution < 1.29 is 30.7 Å². The van der Waals surface area contributed by atoms with Crippen molar-refractivity contribution in [2.24, 2.45) is 0 Å². The molecule has 0 aromatic heterocycles. The fourth-order valence-corrected chi connectivity index (χ4v) is 0.900. The van der Waals surface area contributed by atoms with Crippen LogP contribution in [-0.2, 0) is 11.1 Å². The highest BCUT2D eigenvalue weighted by Gasteiger charge is 2.58. The number of halogens is 5. The number of hydrogen-bond donors (Lipinski definition) is 1. The molecule has 0 fully saturated rings. The molecule has 0 aliphatic carbocycles. The van der Waals surface area contributed by atoms with Crippen molar-refractivity contribution in [3.63, 3.8) is 0 Å². The van der Waals surface area contributed by atoms with Gasteiger partial charge in [0.05, 0.1) is 5.25 Å². The molecule has 2 unspecified atom stereocenters. The van der Waals surface area contributed by atoms with Gasteiger partial charge in [0.2, 0.25) is 0 Å². The third-order valence-electron chi connectivity index (χ3n) is 1.30. The highest BCUT2D eigenvalue weighted by Crippen LogP contribution is 2.39. The maximum absolute atomic E-state index is 12.2. The second-order valence-corrected chi connectivity index (χ2v) is 3.85. The largest absolute Gasteiger partial charge is 0.453 e. The molecule has 0 aliphatic heterocycles. The molecule has 0 rings (SSSR count). The van der Waals surface area contributed by atoms with E-state index in [1.54, 1.807) is 0 Å². The van der Waals surface area contributed by atoms with Crippen LogP contribution in [0.15, 0.2) is 0 Å². The highest BCUT2D eigenvalue weighted by molar-refractivity contribution is 7.79. The molecule has 13 heavy (non-hydrogen) atoms. The molecule has 80 valence electrons. The first-order valence-electron chi connectivity index (χ1n) is 3.12. The Hall–Kier alpha value is -0.240. The zero-order chi connectivity index (χ0) is 10.9. The van der Waals surface area contributed by atoms with Gasteiger partial charge in [-0.2, -0.15) is 22.0 Å². The maximum Gasteiger partial charge on any atom is 0.453 e. The number of rotatable bonds is 3. The fourth-order valence-electron chi connectivity index (χ4n) is 0.548. The van der Waals surface area contributed by atoms with Gasteiger partial charge in [-0.1, -0.05) is 0 Å². The van der Waals surface area contributed by atoms with Gasteiger partial charge in [0, 0.05) is 6.42 Å². The number of hydrogen-bond acceptors (Lipinski definition) is 1. The van der Waals surface area contributed by atoms with E-state index in [0.29, 0.717) is 0 Å². The first-order chi connectivity index (χ1) is 5.58. The van der Waals surface area contributed by atoms with Gasteiger partial charge in [-0.15, -0.1) is 0 Å². The lowest BCUT2D eigenvalue weighted by Crippen LogP contribution is -2.39. The lowest BCUT2D eigenvalue weighted by Gasteiger charge is -2.21. The standard InChI is InChI=1S/C5H7F5O2S/c1-3(13(11)12)2-4(6,7)5(8,9)10/h3H,2H2,1H3,(H,11,12). The van der Waals surface area contributed by atoms with E-state index < -0.39 is 34.9 Å². The Labute approximate surface area is 73.4 Å². The van der Waals surface area contributed by atoms with Gasteiger partial charge >= 0.3 is 12.1 Å². The van der Waals surface area contributed by atoms with E-state index >= 15 is 0 Å². The summed E-state index contributed by atoms with van der Waals surface area (Å²) in [7, 11) is 0. The molecule has 8 heteroatoms. The Kier molecular flexibility index (Phi) is 3.80. The molecular weight excluding hydrogens is 219 g/mol. The first kappa shape index (κ1) is 12.8. The first-order valence-corrected chi connectivity index (χ1v) is 4.29. The second kappa shape index (κ2) is 3.87. The molecule has 0 aromatic rings. The molecule has 1 N–H and O–H groups in total. The Bertz CT molecular complexity index is 202. The summed E-state index contributed by atoms with van der Waals surface area (Å²) < 4.78 is 77.3. The van der Waals surface area contributed by atoms with Gasteiger partial charge in [0.1, 0.15) is 0 Å². The van der Waals surface area contributed by atoms with Crippen LogP contribution in [0.3, 0.4) is 0 Å². The predicted octanol–water partition coefficient (Wildman–Crippen LogP) is 2.18. The van der Waals surface area contributed by atoms with Crippen molar-refractivity contribution in [2.45, 2.75) is 30.7 Å². The van der Waals surface area contributed by atoms with E-state index in [4.69, 9.17) is 4.55 Å². The van der Waals surface area contributed by atoms with Crippen LogP contribution in [0.2, 0.25) is 0 Å². The van der Waals surface area contributed by atoms with E-state index in [0.717, 1.165) is 6.92 Å². The molecule has 0 saturated carbocycles. The van der Waals surface area contributed by atoms with Gasteiger partial charge in [-0.05, 0) is 6.92 Å². The summed E-state index contributed by atoms with van der Waals surface area (Å²) in [4.78, 5) is 0. The van der Waals surface area contributed by atoms with Crippen LogP contribution >= 0.6 is 0 Å². The molecule has 0 saturated heterocycles. The summed E-state index contributed by atoms with van der Waals surface area (Å²) in [5, 5.41) is -1.61. The van der Waals surface area contributed by atoms with Crippen LogP contribution in [0.5, 0.6) is 0 Å². The van der Waals surface area contributed by atoms with E-state index in [-0.39, 0.29) is 0 Å². The van der Waals surface area contributed by atoms with Crippen LogP contribution in [0.25, 0.3) is 0 Å². The highest BCUT2D eigenvalue weighted by atomic mass is 32.2. The molecular formula is C5H7F5O2S. The fraction of sp³-hybridized carbons (Fsp3) is 1.00. The van der Waals surface area contributed by atoms with Crippen molar-refractivity contribution >= 4 is 11.1 Å². The molecule has 0 bridgehead atoms. The van der Waals surface area contributed by atoms with Crippen molar-refractivity contribution in [3.8, 4) is 0 Å². The molecule has 0 radical (unpaired) electrons. The molecule has 0 heterocycles. The van der Waals surface area contributed by atoms with Gasteiger partial charge < -0.3 is 4.55 Å². The Morgan fingerprint density at radius 1 is 1.31 bits per heavy atom. The minimum atomic E-state index is -5.67. The Morgan fingerprint density at radius 3 is 1.92 bits per heavy atom. The van der Waals surface area contributed by atoms with Crippen LogP contribution < -0.4 is 0 Å². The summed E-state index contributed by atoms with van der Waals surface area (Å²) >= 11 is -2.67. The summed E-state index contributed by atoms with van der Waals surface area (Å²) in [5.74, 6) is -4.91. The second-order valence-electron chi connectivity index (χ2n) is 2.49. The van der Waals surface area contributed by atoms with Crippen LogP contribution in [0.4, 0.5) is 22.0 Å². The summed E-state index contributed by atoms with van der Waals surface area (Å²) in [6, 6.07) is 0. The van der Waals surface area contributed by atoms with E-state index in [1.807, 2.05) is 0 Å². The molecule has 2 atom stereocenters. The zero-order valence-corrected chi connectivity index (χ0v) is 7.25. The van der Waals surface area contributed by atoms with Crippen molar-refractivity contribution in [1.29, 1.82) is 0 Å². The SMILES string of the molecule is CC(CC(F)(F)C(F)(F)F)S(=O)O. The third-order valence-corrected chi connectivity index (χ3v) is 2.16. The predicted molar refractivity (Wildman–Crippen MR) is 35.9 cm³/mol. The average Bonchev–Trinajstić information content (AvgIpc) is 1.83. The number of alkyl halides is 5. The van der Waals surface area contributed by atoms with Crippen LogP contribution in [-0.4, -0.2) is 26.1 Å². The zero-order valence-electron chi connectivity index (χ0n) is 6.44. The summed E-state index contributed by atoms with van der Waals surface area (Å²) in [6.45, 7) is 0.843. The van der Waals surface area contributed by atoms with Crippen LogP contribution in [0, 0.1) is 0 Å². The van der Waals surface area contributed by atoms with E-state index in [1.165, 1.54) is 0 Å². The topological polar surface area (TPSA) is 37.3 Å². The maximum atomic E-state index is 12.2. The monoisotopic (exact) mass is 226 g/mol. The van der Waals surface area contributed by atoms with Crippen molar-refractivity contribution in [1.82, 2.24) is 0 Å². The quantitative estimate of drug-likeness (QED) is 0.591. The van der Waals surface area contributed by atoms with Gasteiger partial charge in [-0.25, -0.2) is 4.21 Å². The molecule has 0 aliphatic rings.